The number of ether oxygens (including phenoxy) is 1. The minimum atomic E-state index is -0.612. The number of amides is 2. The van der Waals surface area contributed by atoms with E-state index in [9.17, 15) is 14.0 Å². The average molecular weight is 391 g/mol. The van der Waals surface area contributed by atoms with E-state index in [0.29, 0.717) is 23.4 Å². The molecule has 1 unspecified atom stereocenters. The monoisotopic (exact) mass is 390 g/mol. The molecule has 1 aliphatic heterocycles. The lowest BCUT2D eigenvalue weighted by molar-refractivity contribution is -0.129. The zero-order valence-electron chi connectivity index (χ0n) is 15.1. The fourth-order valence-corrected chi connectivity index (χ4v) is 3.15. The van der Waals surface area contributed by atoms with Crippen molar-refractivity contribution in [3.8, 4) is 5.75 Å². The van der Waals surface area contributed by atoms with Crippen molar-refractivity contribution < 1.29 is 18.7 Å². The summed E-state index contributed by atoms with van der Waals surface area (Å²) in [4.78, 5) is 26.6. The number of anilines is 1. The normalized spacial score (nSPS) is 15.9. The molecule has 1 aliphatic rings. The van der Waals surface area contributed by atoms with Gasteiger partial charge in [0, 0.05) is 11.6 Å². The van der Waals surface area contributed by atoms with E-state index in [-0.39, 0.29) is 29.9 Å². The van der Waals surface area contributed by atoms with Crippen molar-refractivity contribution in [1.29, 1.82) is 0 Å². The zero-order valence-corrected chi connectivity index (χ0v) is 15.8. The van der Waals surface area contributed by atoms with Crippen LogP contribution in [0.5, 0.6) is 5.75 Å². The summed E-state index contributed by atoms with van der Waals surface area (Å²) in [6.45, 7) is 3.78. The fourth-order valence-electron chi connectivity index (χ4n) is 2.91. The van der Waals surface area contributed by atoms with Gasteiger partial charge in [0.25, 0.3) is 5.91 Å². The molecule has 0 radical (unpaired) electrons. The standard InChI is InChI=1S/C20H20ClFN2O3/c1-3-17-20(26)24(16-8-12(2)4-7-18(16)27-17)11-19(25)23-10-13-5-6-14(22)9-15(13)21/h4-9,17H,3,10-11H2,1-2H3,(H,23,25). The highest BCUT2D eigenvalue weighted by molar-refractivity contribution is 6.31. The molecule has 0 saturated carbocycles. The second-order valence-corrected chi connectivity index (χ2v) is 6.83. The van der Waals surface area contributed by atoms with E-state index in [1.165, 1.54) is 23.1 Å². The minimum Gasteiger partial charge on any atom is -0.478 e. The Morgan fingerprint density at radius 1 is 1.30 bits per heavy atom. The molecule has 27 heavy (non-hydrogen) atoms. The van der Waals surface area contributed by atoms with Crippen molar-refractivity contribution in [2.45, 2.75) is 32.9 Å². The Morgan fingerprint density at radius 3 is 2.78 bits per heavy atom. The molecule has 0 saturated heterocycles. The van der Waals surface area contributed by atoms with E-state index >= 15 is 0 Å². The Morgan fingerprint density at radius 2 is 2.07 bits per heavy atom. The van der Waals surface area contributed by atoms with Gasteiger partial charge in [-0.15, -0.1) is 0 Å². The van der Waals surface area contributed by atoms with Crippen LogP contribution < -0.4 is 15.0 Å². The molecule has 142 valence electrons. The summed E-state index contributed by atoms with van der Waals surface area (Å²) >= 11 is 5.98. The van der Waals surface area contributed by atoms with Gasteiger partial charge in [0.1, 0.15) is 18.1 Å². The lowest BCUT2D eigenvalue weighted by atomic mass is 10.1. The second-order valence-electron chi connectivity index (χ2n) is 6.42. The molecule has 0 aliphatic carbocycles. The summed E-state index contributed by atoms with van der Waals surface area (Å²) in [5, 5.41) is 2.97. The highest BCUT2D eigenvalue weighted by Gasteiger charge is 2.34. The number of rotatable bonds is 5. The summed E-state index contributed by atoms with van der Waals surface area (Å²) in [5.41, 5.74) is 2.14. The molecule has 1 N–H and O–H groups in total. The number of benzene rings is 2. The molecule has 0 bridgehead atoms. The molecule has 0 aromatic heterocycles. The quantitative estimate of drug-likeness (QED) is 0.848. The van der Waals surface area contributed by atoms with Crippen LogP contribution in [0.1, 0.15) is 24.5 Å². The minimum absolute atomic E-state index is 0.131. The number of nitrogens with one attached hydrogen (secondary N) is 1. The first kappa shape index (κ1) is 19.2. The van der Waals surface area contributed by atoms with Crippen LogP contribution in [0.3, 0.4) is 0 Å². The molecule has 3 rings (SSSR count). The predicted octanol–water partition coefficient (Wildman–Crippen LogP) is 3.61. The van der Waals surface area contributed by atoms with Gasteiger partial charge in [0.15, 0.2) is 6.10 Å². The summed E-state index contributed by atoms with van der Waals surface area (Å²) in [7, 11) is 0. The van der Waals surface area contributed by atoms with E-state index in [0.717, 1.165) is 5.56 Å². The van der Waals surface area contributed by atoms with Crippen LogP contribution in [-0.2, 0) is 16.1 Å². The van der Waals surface area contributed by atoms with Crippen LogP contribution in [0.2, 0.25) is 5.02 Å². The highest BCUT2D eigenvalue weighted by atomic mass is 35.5. The predicted molar refractivity (Wildman–Crippen MR) is 101 cm³/mol. The van der Waals surface area contributed by atoms with Crippen molar-refractivity contribution >= 4 is 29.1 Å². The summed E-state index contributed by atoms with van der Waals surface area (Å²) in [5.74, 6) is -0.438. The van der Waals surface area contributed by atoms with Crippen LogP contribution >= 0.6 is 11.6 Å². The fraction of sp³-hybridized carbons (Fsp3) is 0.300. The average Bonchev–Trinajstić information content (AvgIpc) is 2.63. The Kier molecular flexibility index (Phi) is 5.65. The van der Waals surface area contributed by atoms with E-state index in [4.69, 9.17) is 16.3 Å². The van der Waals surface area contributed by atoms with Crippen LogP contribution in [0, 0.1) is 12.7 Å². The molecule has 1 atom stereocenters. The van der Waals surface area contributed by atoms with E-state index < -0.39 is 11.9 Å². The molecule has 2 aromatic carbocycles. The van der Waals surface area contributed by atoms with Gasteiger partial charge in [-0.05, 0) is 48.7 Å². The number of carbonyl (C=O) groups excluding carboxylic acids is 2. The van der Waals surface area contributed by atoms with Gasteiger partial charge >= 0.3 is 0 Å². The zero-order chi connectivity index (χ0) is 19.6. The number of halogens is 2. The Labute approximate surface area is 162 Å². The van der Waals surface area contributed by atoms with Gasteiger partial charge in [-0.2, -0.15) is 0 Å². The van der Waals surface area contributed by atoms with Crippen molar-refractivity contribution in [2.75, 3.05) is 11.4 Å². The van der Waals surface area contributed by atoms with Crippen LogP contribution in [0.25, 0.3) is 0 Å². The number of carbonyl (C=O) groups is 2. The van der Waals surface area contributed by atoms with Crippen LogP contribution in [-0.4, -0.2) is 24.5 Å². The first-order chi connectivity index (χ1) is 12.9. The Balaban J connectivity index is 1.74. The third-order valence-electron chi connectivity index (χ3n) is 4.38. The molecule has 1 heterocycles. The van der Waals surface area contributed by atoms with E-state index in [1.54, 1.807) is 0 Å². The number of aryl methyl sites for hydroxylation is 1. The van der Waals surface area contributed by atoms with Gasteiger partial charge in [0.2, 0.25) is 5.91 Å². The second kappa shape index (κ2) is 7.96. The van der Waals surface area contributed by atoms with Gasteiger partial charge in [0.05, 0.1) is 5.69 Å². The van der Waals surface area contributed by atoms with Crippen LogP contribution in [0.15, 0.2) is 36.4 Å². The van der Waals surface area contributed by atoms with Gasteiger partial charge in [-0.1, -0.05) is 30.7 Å². The van der Waals surface area contributed by atoms with Crippen LogP contribution in [0.4, 0.5) is 10.1 Å². The van der Waals surface area contributed by atoms with Crippen molar-refractivity contribution in [2.24, 2.45) is 0 Å². The van der Waals surface area contributed by atoms with Crippen molar-refractivity contribution in [3.05, 3.63) is 58.4 Å². The maximum absolute atomic E-state index is 13.1. The molecule has 2 amide bonds. The van der Waals surface area contributed by atoms with Gasteiger partial charge < -0.3 is 10.1 Å². The smallest absolute Gasteiger partial charge is 0.268 e. The van der Waals surface area contributed by atoms with Crippen molar-refractivity contribution in [3.63, 3.8) is 0 Å². The molecule has 5 nitrogen and oxygen atoms in total. The highest BCUT2D eigenvalue weighted by Crippen LogP contribution is 2.35. The van der Waals surface area contributed by atoms with Gasteiger partial charge in [-0.25, -0.2) is 4.39 Å². The molecule has 0 spiro atoms. The Bertz CT molecular complexity index is 888. The maximum atomic E-state index is 13.1. The maximum Gasteiger partial charge on any atom is 0.268 e. The molecule has 7 heteroatoms. The largest absolute Gasteiger partial charge is 0.478 e. The number of hydrogen-bond acceptors (Lipinski definition) is 3. The number of hydrogen-bond donors (Lipinski definition) is 1. The summed E-state index contributed by atoms with van der Waals surface area (Å²) in [6.07, 6.45) is -0.102. The summed E-state index contributed by atoms with van der Waals surface area (Å²) < 4.78 is 18.9. The molecule has 0 fully saturated rings. The van der Waals surface area contributed by atoms with E-state index in [1.807, 2.05) is 32.0 Å². The first-order valence-electron chi connectivity index (χ1n) is 8.68. The third-order valence-corrected chi connectivity index (χ3v) is 4.73. The molecule has 2 aromatic rings. The van der Waals surface area contributed by atoms with Crippen molar-refractivity contribution in [1.82, 2.24) is 5.32 Å². The summed E-state index contributed by atoms with van der Waals surface area (Å²) in [6, 6.07) is 9.52. The SMILES string of the molecule is CCC1Oc2ccc(C)cc2N(CC(=O)NCc2ccc(F)cc2Cl)C1=O. The number of nitrogens with zero attached hydrogens (tertiary/aromatic N) is 1. The third kappa shape index (κ3) is 4.22. The lowest BCUT2D eigenvalue weighted by Gasteiger charge is -2.33. The lowest BCUT2D eigenvalue weighted by Crippen LogP contribution is -2.49. The molecular formula is C20H20ClFN2O3. The Hall–Kier alpha value is -2.60. The first-order valence-corrected chi connectivity index (χ1v) is 9.06. The van der Waals surface area contributed by atoms with E-state index in [2.05, 4.69) is 5.32 Å². The molecular weight excluding hydrogens is 371 g/mol. The topological polar surface area (TPSA) is 58.6 Å². The number of fused-ring (bicyclic) bond motifs is 1. The van der Waals surface area contributed by atoms with Gasteiger partial charge in [-0.3, -0.25) is 14.5 Å².